The number of aromatic hydroxyl groups is 1. The van der Waals surface area contributed by atoms with Crippen molar-refractivity contribution in [2.45, 2.75) is 6.54 Å². The molecular weight excluding hydrogens is 188 g/mol. The van der Waals surface area contributed by atoms with Gasteiger partial charge in [0.15, 0.2) is 0 Å². The van der Waals surface area contributed by atoms with Crippen molar-refractivity contribution in [1.82, 2.24) is 9.80 Å². The number of phenolic OH excluding ortho intramolecular Hbond substituents is 1. The van der Waals surface area contributed by atoms with Crippen LogP contribution in [-0.4, -0.2) is 48.1 Å². The molecule has 0 atom stereocenters. The fraction of sp³-hybridized carbons (Fsp3) is 0.500. The van der Waals surface area contributed by atoms with Crippen LogP contribution in [0.15, 0.2) is 24.3 Å². The first-order valence-corrected chi connectivity index (χ1v) is 5.43. The van der Waals surface area contributed by atoms with Gasteiger partial charge in [-0.2, -0.15) is 0 Å². The van der Waals surface area contributed by atoms with Gasteiger partial charge in [0.1, 0.15) is 5.75 Å². The van der Waals surface area contributed by atoms with Crippen LogP contribution in [0, 0.1) is 0 Å². The van der Waals surface area contributed by atoms with Gasteiger partial charge in [-0.1, -0.05) is 12.1 Å². The minimum absolute atomic E-state index is 0.363. The lowest BCUT2D eigenvalue weighted by Crippen LogP contribution is -2.43. The van der Waals surface area contributed by atoms with Crippen LogP contribution in [0.5, 0.6) is 5.75 Å². The number of benzene rings is 1. The molecule has 0 amide bonds. The summed E-state index contributed by atoms with van der Waals surface area (Å²) in [5.74, 6) is 0.363. The highest BCUT2D eigenvalue weighted by Crippen LogP contribution is 2.13. The van der Waals surface area contributed by atoms with E-state index in [9.17, 15) is 5.11 Å². The Kier molecular flexibility index (Phi) is 3.23. The zero-order valence-corrected chi connectivity index (χ0v) is 9.19. The van der Waals surface area contributed by atoms with E-state index in [0.717, 1.165) is 32.7 Å². The Labute approximate surface area is 90.9 Å². The third kappa shape index (κ3) is 2.94. The maximum atomic E-state index is 9.36. The Morgan fingerprint density at radius 2 is 1.93 bits per heavy atom. The molecule has 1 aliphatic heterocycles. The van der Waals surface area contributed by atoms with E-state index in [1.54, 1.807) is 6.07 Å². The first-order chi connectivity index (χ1) is 7.24. The molecule has 15 heavy (non-hydrogen) atoms. The van der Waals surface area contributed by atoms with Crippen molar-refractivity contribution in [3.8, 4) is 5.75 Å². The zero-order chi connectivity index (χ0) is 10.7. The molecule has 1 aromatic rings. The van der Waals surface area contributed by atoms with Crippen molar-refractivity contribution in [2.75, 3.05) is 33.2 Å². The van der Waals surface area contributed by atoms with E-state index in [1.807, 2.05) is 12.1 Å². The standard InChI is InChI=1S/C12H18N2O/c1-13-5-7-14(8-6-13)10-11-3-2-4-12(15)9-11/h2-4,9,15H,5-8,10H2,1H3. The molecule has 0 unspecified atom stereocenters. The third-order valence-electron chi connectivity index (χ3n) is 2.91. The predicted octanol–water partition coefficient (Wildman–Crippen LogP) is 1.14. The van der Waals surface area contributed by atoms with E-state index in [2.05, 4.69) is 22.9 Å². The number of piperazine rings is 1. The van der Waals surface area contributed by atoms with Gasteiger partial charge in [0.05, 0.1) is 0 Å². The first-order valence-electron chi connectivity index (χ1n) is 5.43. The number of rotatable bonds is 2. The molecule has 82 valence electrons. The second-order valence-corrected chi connectivity index (χ2v) is 4.25. The fourth-order valence-corrected chi connectivity index (χ4v) is 1.92. The quantitative estimate of drug-likeness (QED) is 0.786. The molecule has 0 bridgehead atoms. The summed E-state index contributed by atoms with van der Waals surface area (Å²) in [4.78, 5) is 4.77. The van der Waals surface area contributed by atoms with Gasteiger partial charge < -0.3 is 10.0 Å². The average Bonchev–Trinajstić information content (AvgIpc) is 2.22. The van der Waals surface area contributed by atoms with E-state index in [1.165, 1.54) is 5.56 Å². The highest BCUT2D eigenvalue weighted by molar-refractivity contribution is 5.27. The Morgan fingerprint density at radius 3 is 2.60 bits per heavy atom. The van der Waals surface area contributed by atoms with Crippen molar-refractivity contribution in [3.63, 3.8) is 0 Å². The van der Waals surface area contributed by atoms with Crippen LogP contribution >= 0.6 is 0 Å². The molecule has 1 heterocycles. The number of phenols is 1. The molecule has 0 saturated carbocycles. The maximum Gasteiger partial charge on any atom is 0.115 e. The van der Waals surface area contributed by atoms with Gasteiger partial charge in [0.25, 0.3) is 0 Å². The third-order valence-corrected chi connectivity index (χ3v) is 2.91. The lowest BCUT2D eigenvalue weighted by molar-refractivity contribution is 0.148. The minimum atomic E-state index is 0.363. The molecule has 2 rings (SSSR count). The lowest BCUT2D eigenvalue weighted by atomic mass is 10.2. The van der Waals surface area contributed by atoms with Crippen molar-refractivity contribution < 1.29 is 5.11 Å². The van der Waals surface area contributed by atoms with Gasteiger partial charge in [0.2, 0.25) is 0 Å². The molecule has 0 aromatic heterocycles. The van der Waals surface area contributed by atoms with E-state index in [-0.39, 0.29) is 0 Å². The Bertz CT molecular complexity index is 319. The SMILES string of the molecule is CN1CCN(Cc2cccc(O)c2)CC1. The summed E-state index contributed by atoms with van der Waals surface area (Å²) in [6.07, 6.45) is 0. The highest BCUT2D eigenvalue weighted by atomic mass is 16.3. The van der Waals surface area contributed by atoms with E-state index in [4.69, 9.17) is 0 Å². The summed E-state index contributed by atoms with van der Waals surface area (Å²) in [6, 6.07) is 7.53. The number of nitrogens with zero attached hydrogens (tertiary/aromatic N) is 2. The summed E-state index contributed by atoms with van der Waals surface area (Å²) in [5, 5.41) is 9.36. The summed E-state index contributed by atoms with van der Waals surface area (Å²) >= 11 is 0. The van der Waals surface area contributed by atoms with Gasteiger partial charge in [-0.25, -0.2) is 0 Å². The van der Waals surface area contributed by atoms with Crippen molar-refractivity contribution >= 4 is 0 Å². The van der Waals surface area contributed by atoms with Crippen LogP contribution in [0.3, 0.4) is 0 Å². The number of hydrogen-bond donors (Lipinski definition) is 1. The van der Waals surface area contributed by atoms with Gasteiger partial charge in [-0.15, -0.1) is 0 Å². The second-order valence-electron chi connectivity index (χ2n) is 4.25. The Hall–Kier alpha value is -1.06. The van der Waals surface area contributed by atoms with E-state index < -0.39 is 0 Å². The molecule has 0 spiro atoms. The molecule has 3 heteroatoms. The fourth-order valence-electron chi connectivity index (χ4n) is 1.92. The van der Waals surface area contributed by atoms with Crippen LogP contribution in [0.1, 0.15) is 5.56 Å². The lowest BCUT2D eigenvalue weighted by Gasteiger charge is -2.32. The second kappa shape index (κ2) is 4.64. The molecule has 1 fully saturated rings. The van der Waals surface area contributed by atoms with Gasteiger partial charge in [0, 0.05) is 32.7 Å². The normalized spacial score (nSPS) is 19.3. The summed E-state index contributed by atoms with van der Waals surface area (Å²) in [5.41, 5.74) is 1.19. The molecule has 1 N–H and O–H groups in total. The first kappa shape index (κ1) is 10.5. The summed E-state index contributed by atoms with van der Waals surface area (Å²) in [7, 11) is 2.16. The molecule has 1 saturated heterocycles. The molecular formula is C12H18N2O. The van der Waals surface area contributed by atoms with Crippen molar-refractivity contribution in [1.29, 1.82) is 0 Å². The summed E-state index contributed by atoms with van der Waals surface area (Å²) in [6.45, 7) is 5.46. The Morgan fingerprint density at radius 1 is 1.20 bits per heavy atom. The van der Waals surface area contributed by atoms with Crippen LogP contribution in [-0.2, 0) is 6.54 Å². The van der Waals surface area contributed by atoms with Crippen LogP contribution in [0.4, 0.5) is 0 Å². The maximum absolute atomic E-state index is 9.36. The predicted molar refractivity (Wildman–Crippen MR) is 60.9 cm³/mol. The molecule has 1 aliphatic rings. The monoisotopic (exact) mass is 206 g/mol. The van der Waals surface area contributed by atoms with Gasteiger partial charge in [-0.3, -0.25) is 4.90 Å². The largest absolute Gasteiger partial charge is 0.508 e. The van der Waals surface area contributed by atoms with Crippen LogP contribution in [0.25, 0.3) is 0 Å². The molecule has 0 radical (unpaired) electrons. The molecule has 1 aromatic carbocycles. The molecule has 0 aliphatic carbocycles. The van der Waals surface area contributed by atoms with Crippen molar-refractivity contribution in [2.24, 2.45) is 0 Å². The van der Waals surface area contributed by atoms with Crippen LogP contribution in [0.2, 0.25) is 0 Å². The van der Waals surface area contributed by atoms with Crippen LogP contribution < -0.4 is 0 Å². The van der Waals surface area contributed by atoms with Gasteiger partial charge in [-0.05, 0) is 24.7 Å². The smallest absolute Gasteiger partial charge is 0.115 e. The van der Waals surface area contributed by atoms with E-state index >= 15 is 0 Å². The zero-order valence-electron chi connectivity index (χ0n) is 9.19. The topological polar surface area (TPSA) is 26.7 Å². The minimum Gasteiger partial charge on any atom is -0.508 e. The van der Waals surface area contributed by atoms with Crippen molar-refractivity contribution in [3.05, 3.63) is 29.8 Å². The number of likely N-dealkylation sites (N-methyl/N-ethyl adjacent to an activating group) is 1. The average molecular weight is 206 g/mol. The van der Waals surface area contributed by atoms with E-state index in [0.29, 0.717) is 5.75 Å². The Balaban J connectivity index is 1.92. The summed E-state index contributed by atoms with van der Waals surface area (Å²) < 4.78 is 0. The highest BCUT2D eigenvalue weighted by Gasteiger charge is 2.13. The number of hydrogen-bond acceptors (Lipinski definition) is 3. The molecule has 3 nitrogen and oxygen atoms in total. The van der Waals surface area contributed by atoms with Gasteiger partial charge >= 0.3 is 0 Å².